The third-order valence-corrected chi connectivity index (χ3v) is 4.59. The van der Waals surface area contributed by atoms with Crippen molar-refractivity contribution in [2.45, 2.75) is 38.8 Å². The lowest BCUT2D eigenvalue weighted by Crippen LogP contribution is -2.24. The molecule has 21 heavy (non-hydrogen) atoms. The van der Waals surface area contributed by atoms with Crippen molar-refractivity contribution in [2.75, 3.05) is 6.54 Å². The van der Waals surface area contributed by atoms with Crippen LogP contribution >= 0.6 is 11.3 Å². The minimum atomic E-state index is -0.293. The lowest BCUT2D eigenvalue weighted by atomic mass is 10.2. The van der Waals surface area contributed by atoms with E-state index in [2.05, 4.69) is 33.8 Å². The first-order chi connectivity index (χ1) is 10.3. The summed E-state index contributed by atoms with van der Waals surface area (Å²) in [4.78, 5) is 17.4. The monoisotopic (exact) mass is 306 g/mol. The Kier molecular flexibility index (Phi) is 4.31. The van der Waals surface area contributed by atoms with Crippen LogP contribution in [0.1, 0.15) is 52.8 Å². The summed E-state index contributed by atoms with van der Waals surface area (Å²) >= 11 is 1.65. The second-order valence-electron chi connectivity index (χ2n) is 5.01. The summed E-state index contributed by atoms with van der Waals surface area (Å²) in [7, 11) is 0. The van der Waals surface area contributed by atoms with Crippen molar-refractivity contribution in [3.63, 3.8) is 0 Å². The molecule has 0 aromatic carbocycles. The summed E-state index contributed by atoms with van der Waals surface area (Å²) in [6.07, 6.45) is 3.03. The lowest BCUT2D eigenvalue weighted by molar-refractivity contribution is 0.0938. The van der Waals surface area contributed by atoms with Gasteiger partial charge in [-0.15, -0.1) is 11.3 Å². The molecule has 2 N–H and O–H groups in total. The van der Waals surface area contributed by atoms with Gasteiger partial charge in [0.05, 0.1) is 12.6 Å². The summed E-state index contributed by atoms with van der Waals surface area (Å²) < 4.78 is 5.17. The van der Waals surface area contributed by atoms with Crippen LogP contribution in [0.15, 0.2) is 16.0 Å². The van der Waals surface area contributed by atoms with E-state index in [4.69, 9.17) is 4.52 Å². The van der Waals surface area contributed by atoms with Crippen molar-refractivity contribution in [3.8, 4) is 0 Å². The maximum absolute atomic E-state index is 12.1. The number of carbonyl (C=O) groups excluding carboxylic acids is 1. The largest absolute Gasteiger partial charge is 0.344 e. The third kappa shape index (κ3) is 3.14. The van der Waals surface area contributed by atoms with E-state index in [9.17, 15) is 4.79 Å². The minimum Gasteiger partial charge on any atom is -0.344 e. The van der Waals surface area contributed by atoms with E-state index in [0.717, 1.165) is 25.8 Å². The van der Waals surface area contributed by atoms with Gasteiger partial charge in [-0.2, -0.15) is 4.98 Å². The summed E-state index contributed by atoms with van der Waals surface area (Å²) in [6.45, 7) is 3.56. The molecule has 7 heteroatoms. The highest BCUT2D eigenvalue weighted by Crippen LogP contribution is 2.21. The van der Waals surface area contributed by atoms with E-state index in [0.29, 0.717) is 12.4 Å². The van der Waals surface area contributed by atoms with E-state index in [1.165, 1.54) is 10.4 Å². The van der Waals surface area contributed by atoms with Crippen molar-refractivity contribution < 1.29 is 9.32 Å². The Morgan fingerprint density at radius 3 is 3.29 bits per heavy atom. The van der Waals surface area contributed by atoms with Crippen molar-refractivity contribution >= 4 is 17.2 Å². The molecule has 1 fully saturated rings. The van der Waals surface area contributed by atoms with E-state index >= 15 is 0 Å². The van der Waals surface area contributed by atoms with Crippen molar-refractivity contribution in [3.05, 3.63) is 33.6 Å². The van der Waals surface area contributed by atoms with Crippen LogP contribution < -0.4 is 10.6 Å². The molecule has 3 rings (SSSR count). The number of hydrogen-bond acceptors (Lipinski definition) is 6. The number of nitrogens with zero attached hydrogens (tertiary/aromatic N) is 2. The van der Waals surface area contributed by atoms with Crippen LogP contribution in [0.2, 0.25) is 0 Å². The van der Waals surface area contributed by atoms with Crippen molar-refractivity contribution in [2.24, 2.45) is 0 Å². The van der Waals surface area contributed by atoms with Gasteiger partial charge >= 0.3 is 0 Å². The predicted octanol–water partition coefficient (Wildman–Crippen LogP) is 2.05. The fraction of sp³-hybridized carbons (Fsp3) is 0.500. The van der Waals surface area contributed by atoms with Crippen LogP contribution in [0, 0.1) is 0 Å². The molecule has 1 atom stereocenters. The average Bonchev–Trinajstić information content (AvgIpc) is 3.24. The zero-order valence-electron chi connectivity index (χ0n) is 11.9. The molecule has 0 spiro atoms. The third-order valence-electron chi connectivity index (χ3n) is 3.63. The Labute approximate surface area is 126 Å². The predicted molar refractivity (Wildman–Crippen MR) is 79.1 cm³/mol. The molecular formula is C14H18N4O2S. The second kappa shape index (κ2) is 6.36. The van der Waals surface area contributed by atoms with Gasteiger partial charge in [-0.3, -0.25) is 4.79 Å². The first-order valence-corrected chi connectivity index (χ1v) is 8.06. The van der Waals surface area contributed by atoms with Crippen LogP contribution in [-0.2, 0) is 13.0 Å². The highest BCUT2D eigenvalue weighted by Gasteiger charge is 2.24. The van der Waals surface area contributed by atoms with Gasteiger partial charge in [0.15, 0.2) is 0 Å². The molecule has 2 aromatic heterocycles. The molecule has 1 saturated heterocycles. The van der Waals surface area contributed by atoms with E-state index < -0.39 is 0 Å². The van der Waals surface area contributed by atoms with E-state index in [-0.39, 0.29) is 17.8 Å². The van der Waals surface area contributed by atoms with Crippen LogP contribution in [0.4, 0.5) is 0 Å². The summed E-state index contributed by atoms with van der Waals surface area (Å²) in [5.41, 5.74) is 1.27. The number of amides is 1. The minimum absolute atomic E-state index is 0.0861. The molecular weight excluding hydrogens is 288 g/mol. The van der Waals surface area contributed by atoms with Gasteiger partial charge in [-0.05, 0) is 42.8 Å². The number of thiophene rings is 1. The van der Waals surface area contributed by atoms with Gasteiger partial charge in [-0.25, -0.2) is 0 Å². The molecule has 0 saturated carbocycles. The fourth-order valence-corrected chi connectivity index (χ4v) is 3.36. The normalized spacial score (nSPS) is 18.0. The summed E-state index contributed by atoms with van der Waals surface area (Å²) in [6, 6.07) is 2.17. The quantitative estimate of drug-likeness (QED) is 0.883. The molecule has 0 radical (unpaired) electrons. The van der Waals surface area contributed by atoms with E-state index in [1.54, 1.807) is 11.3 Å². The van der Waals surface area contributed by atoms with Gasteiger partial charge in [0.25, 0.3) is 11.7 Å². The van der Waals surface area contributed by atoms with Crippen molar-refractivity contribution in [1.29, 1.82) is 0 Å². The lowest BCUT2D eigenvalue weighted by Gasteiger charge is -2.03. The number of carbonyl (C=O) groups is 1. The molecule has 1 amide bonds. The zero-order valence-corrected chi connectivity index (χ0v) is 12.7. The standard InChI is InChI=1S/C14H18N4O2S/c1-2-9-5-7-21-11(9)8-16-13(19)12-17-14(20-18-12)10-4-3-6-15-10/h5,7,10,15H,2-4,6,8H2,1H3,(H,16,19). The Hall–Kier alpha value is -1.73. The van der Waals surface area contributed by atoms with Crippen molar-refractivity contribution in [1.82, 2.24) is 20.8 Å². The molecule has 1 aliphatic rings. The molecule has 2 aromatic rings. The van der Waals surface area contributed by atoms with Gasteiger partial charge in [-0.1, -0.05) is 12.1 Å². The first kappa shape index (κ1) is 14.2. The molecule has 1 unspecified atom stereocenters. The Balaban J connectivity index is 1.60. The first-order valence-electron chi connectivity index (χ1n) is 7.18. The van der Waals surface area contributed by atoms with Crippen LogP contribution in [0.3, 0.4) is 0 Å². The topological polar surface area (TPSA) is 80.0 Å². The number of aryl methyl sites for hydroxylation is 1. The Morgan fingerprint density at radius 1 is 1.62 bits per heavy atom. The molecule has 0 bridgehead atoms. The molecule has 6 nitrogen and oxygen atoms in total. The number of hydrogen-bond donors (Lipinski definition) is 2. The van der Waals surface area contributed by atoms with Crippen LogP contribution in [0.25, 0.3) is 0 Å². The summed E-state index contributed by atoms with van der Waals surface area (Å²) in [5.74, 6) is 0.315. The van der Waals surface area contributed by atoms with Gasteiger partial charge in [0.1, 0.15) is 0 Å². The highest BCUT2D eigenvalue weighted by molar-refractivity contribution is 7.10. The van der Waals surface area contributed by atoms with Gasteiger partial charge in [0, 0.05) is 4.88 Å². The number of aromatic nitrogens is 2. The van der Waals surface area contributed by atoms with Crippen LogP contribution in [-0.4, -0.2) is 22.6 Å². The Bertz CT molecular complexity index is 616. The molecule has 0 aliphatic carbocycles. The highest BCUT2D eigenvalue weighted by atomic mass is 32.1. The average molecular weight is 306 g/mol. The molecule has 1 aliphatic heterocycles. The zero-order chi connectivity index (χ0) is 14.7. The maximum Gasteiger partial charge on any atom is 0.292 e. The molecule has 112 valence electrons. The summed E-state index contributed by atoms with van der Waals surface area (Å²) in [5, 5.41) is 11.9. The van der Waals surface area contributed by atoms with Gasteiger partial charge in [0.2, 0.25) is 5.89 Å². The number of rotatable bonds is 5. The fourth-order valence-electron chi connectivity index (χ4n) is 2.44. The number of nitrogens with one attached hydrogen (secondary N) is 2. The second-order valence-corrected chi connectivity index (χ2v) is 6.01. The van der Waals surface area contributed by atoms with E-state index in [1.807, 2.05) is 5.38 Å². The molecule has 3 heterocycles. The van der Waals surface area contributed by atoms with Crippen LogP contribution in [0.5, 0.6) is 0 Å². The Morgan fingerprint density at radius 2 is 2.52 bits per heavy atom. The smallest absolute Gasteiger partial charge is 0.292 e. The van der Waals surface area contributed by atoms with Gasteiger partial charge < -0.3 is 15.2 Å². The maximum atomic E-state index is 12.1. The SMILES string of the molecule is CCc1ccsc1CNC(=O)c1noc(C2CCCN2)n1.